The first-order valence-corrected chi connectivity index (χ1v) is 13.6. The van der Waals surface area contributed by atoms with Gasteiger partial charge in [0.1, 0.15) is 6.10 Å². The van der Waals surface area contributed by atoms with Crippen LogP contribution in [0.4, 0.5) is 5.95 Å². The molecular formula is C29H29Cl2N5O6. The summed E-state index contributed by atoms with van der Waals surface area (Å²) < 4.78 is 16.4. The quantitative estimate of drug-likeness (QED) is 0.281. The van der Waals surface area contributed by atoms with E-state index in [4.69, 9.17) is 37.4 Å². The number of H-pyrrole nitrogens is 1. The van der Waals surface area contributed by atoms with Gasteiger partial charge in [-0.3, -0.25) is 14.8 Å². The van der Waals surface area contributed by atoms with E-state index >= 15 is 0 Å². The second-order valence-electron chi connectivity index (χ2n) is 9.12. The van der Waals surface area contributed by atoms with Crippen molar-refractivity contribution in [1.29, 1.82) is 0 Å². The second kappa shape index (κ2) is 13.6. The largest absolute Gasteiger partial charge is 0.466 e. The van der Waals surface area contributed by atoms with Crippen molar-refractivity contribution in [3.63, 3.8) is 0 Å². The summed E-state index contributed by atoms with van der Waals surface area (Å²) in [6, 6.07) is 9.82. The first kappa shape index (κ1) is 30.8. The summed E-state index contributed by atoms with van der Waals surface area (Å²) >= 11 is 13.0. The molecule has 2 atom stereocenters. The molecule has 2 aromatic heterocycles. The Morgan fingerprint density at radius 1 is 1.10 bits per heavy atom. The summed E-state index contributed by atoms with van der Waals surface area (Å²) in [6.07, 6.45) is 2.25. The summed E-state index contributed by atoms with van der Waals surface area (Å²) in [7, 11) is 2.65. The van der Waals surface area contributed by atoms with Crippen molar-refractivity contribution < 1.29 is 23.8 Å². The third kappa shape index (κ3) is 6.48. The number of halogens is 2. The fraction of sp³-hybridized carbons (Fsp3) is 0.276. The number of dihydropyridines is 1. The number of nitrogens with one attached hydrogen (secondary N) is 3. The predicted octanol–water partition coefficient (Wildman–Crippen LogP) is 4.42. The molecule has 0 saturated heterocycles. The van der Waals surface area contributed by atoms with Crippen molar-refractivity contribution in [2.45, 2.75) is 32.4 Å². The molecule has 0 fully saturated rings. The summed E-state index contributed by atoms with van der Waals surface area (Å²) in [5.41, 5.74) is 1.75. The zero-order valence-corrected chi connectivity index (χ0v) is 24.8. The molecule has 1 aromatic carbocycles. The lowest BCUT2D eigenvalue weighted by Gasteiger charge is -2.34. The number of allylic oxidation sites excluding steroid dienone is 1. The van der Waals surface area contributed by atoms with Gasteiger partial charge in [0.15, 0.2) is 0 Å². The number of benzene rings is 1. The van der Waals surface area contributed by atoms with Crippen molar-refractivity contribution in [3.05, 3.63) is 109 Å². The van der Waals surface area contributed by atoms with Gasteiger partial charge in [-0.25, -0.2) is 14.6 Å². The van der Waals surface area contributed by atoms with Gasteiger partial charge in [-0.1, -0.05) is 35.3 Å². The number of carbonyl (C=O) groups excluding carboxylic acids is 2. The number of aromatic amines is 1. The number of nitrogens with zero attached hydrogens (tertiary/aromatic N) is 2. The first-order chi connectivity index (χ1) is 20.2. The van der Waals surface area contributed by atoms with Crippen molar-refractivity contribution in [3.8, 4) is 0 Å². The van der Waals surface area contributed by atoms with Gasteiger partial charge in [-0.05, 0) is 43.2 Å². The van der Waals surface area contributed by atoms with Gasteiger partial charge in [0, 0.05) is 37.8 Å². The topological polar surface area (TPSA) is 145 Å². The molecule has 0 bridgehead atoms. The Morgan fingerprint density at radius 3 is 2.50 bits per heavy atom. The Morgan fingerprint density at radius 2 is 1.83 bits per heavy atom. The number of aromatic nitrogens is 3. The van der Waals surface area contributed by atoms with Gasteiger partial charge < -0.3 is 24.8 Å². The van der Waals surface area contributed by atoms with E-state index in [2.05, 4.69) is 25.6 Å². The van der Waals surface area contributed by atoms with Crippen LogP contribution in [0.15, 0.2) is 76.1 Å². The molecule has 220 valence electrons. The van der Waals surface area contributed by atoms with Crippen LogP contribution >= 0.6 is 23.2 Å². The molecule has 2 unspecified atom stereocenters. The number of methoxy groups -OCH3 is 2. The fourth-order valence-electron chi connectivity index (χ4n) is 4.70. The van der Waals surface area contributed by atoms with Crippen LogP contribution in [-0.4, -0.2) is 47.7 Å². The second-order valence-corrected chi connectivity index (χ2v) is 9.91. The Hall–Kier alpha value is -4.19. The molecule has 3 heterocycles. The highest BCUT2D eigenvalue weighted by atomic mass is 35.5. The first-order valence-electron chi connectivity index (χ1n) is 12.9. The standard InChI is InChI=1S/C29H29Cl2N5O6/c1-5-42-28(39)23-22(17-7-6-8-18(30)24(17)31)21(27(38)41-4)15(2)34-25(23)26(40-3)19-13-20(37)36-29(35-19)33-14-16-9-11-32-12-10-16/h6-13,22,26,34H,5,14H2,1-4H3,(H2,33,35,36,37). The van der Waals surface area contributed by atoms with Crippen LogP contribution in [0.1, 0.15) is 42.7 Å². The van der Waals surface area contributed by atoms with Crippen LogP contribution in [0.25, 0.3) is 0 Å². The molecule has 0 aliphatic carbocycles. The third-order valence-corrected chi connectivity index (χ3v) is 7.36. The molecular weight excluding hydrogens is 585 g/mol. The maximum Gasteiger partial charge on any atom is 0.336 e. The normalized spacial score (nSPS) is 15.6. The lowest BCUT2D eigenvalue weighted by molar-refractivity contribution is -0.139. The van der Waals surface area contributed by atoms with E-state index in [0.717, 1.165) is 5.56 Å². The van der Waals surface area contributed by atoms with E-state index in [1.807, 2.05) is 12.1 Å². The predicted molar refractivity (Wildman–Crippen MR) is 157 cm³/mol. The monoisotopic (exact) mass is 613 g/mol. The molecule has 42 heavy (non-hydrogen) atoms. The van der Waals surface area contributed by atoms with Crippen LogP contribution in [0.3, 0.4) is 0 Å². The lowest BCUT2D eigenvalue weighted by Crippen LogP contribution is -2.36. The summed E-state index contributed by atoms with van der Waals surface area (Å²) in [4.78, 5) is 50.7. The van der Waals surface area contributed by atoms with E-state index < -0.39 is 29.5 Å². The van der Waals surface area contributed by atoms with Crippen molar-refractivity contribution >= 4 is 41.1 Å². The maximum absolute atomic E-state index is 13.7. The van der Waals surface area contributed by atoms with Crippen LogP contribution in [0, 0.1) is 0 Å². The van der Waals surface area contributed by atoms with E-state index in [1.54, 1.807) is 44.4 Å². The number of hydrogen-bond donors (Lipinski definition) is 3. The van der Waals surface area contributed by atoms with Gasteiger partial charge in [0.05, 0.1) is 52.2 Å². The minimum absolute atomic E-state index is 0.0206. The van der Waals surface area contributed by atoms with E-state index in [9.17, 15) is 14.4 Å². The average molecular weight is 614 g/mol. The molecule has 3 aromatic rings. The molecule has 11 nitrogen and oxygen atoms in total. The van der Waals surface area contributed by atoms with Crippen LogP contribution in [-0.2, 0) is 30.3 Å². The van der Waals surface area contributed by atoms with E-state index in [1.165, 1.54) is 20.3 Å². The number of pyridine rings is 1. The summed E-state index contributed by atoms with van der Waals surface area (Å²) in [6.45, 7) is 3.72. The minimum atomic E-state index is -1.07. The Bertz CT molecular complexity index is 1610. The highest BCUT2D eigenvalue weighted by Gasteiger charge is 2.42. The zero-order valence-electron chi connectivity index (χ0n) is 23.3. The lowest BCUT2D eigenvalue weighted by atomic mass is 9.79. The smallest absolute Gasteiger partial charge is 0.336 e. The van der Waals surface area contributed by atoms with Crippen molar-refractivity contribution in [2.75, 3.05) is 26.1 Å². The number of rotatable bonds is 10. The molecule has 3 N–H and O–H groups in total. The van der Waals surface area contributed by atoms with Crippen molar-refractivity contribution in [1.82, 2.24) is 20.3 Å². The van der Waals surface area contributed by atoms with Gasteiger partial charge in [-0.15, -0.1) is 0 Å². The average Bonchev–Trinajstić information content (AvgIpc) is 2.97. The highest BCUT2D eigenvalue weighted by molar-refractivity contribution is 6.42. The molecule has 0 radical (unpaired) electrons. The van der Waals surface area contributed by atoms with Crippen LogP contribution < -0.4 is 16.2 Å². The van der Waals surface area contributed by atoms with Gasteiger partial charge >= 0.3 is 11.9 Å². The third-order valence-electron chi connectivity index (χ3n) is 6.52. The van der Waals surface area contributed by atoms with Gasteiger partial charge in [-0.2, -0.15) is 0 Å². The maximum atomic E-state index is 13.7. The highest BCUT2D eigenvalue weighted by Crippen LogP contribution is 2.45. The van der Waals surface area contributed by atoms with Crippen LogP contribution in [0.5, 0.6) is 0 Å². The SMILES string of the molecule is CCOC(=O)C1=C(C(OC)c2cc(=O)[nH]c(NCc3ccncc3)n2)NC(C)=C(C(=O)OC)C1c1cccc(Cl)c1Cl. The van der Waals surface area contributed by atoms with E-state index in [0.29, 0.717) is 17.8 Å². The fourth-order valence-corrected chi connectivity index (χ4v) is 5.12. The molecule has 13 heteroatoms. The number of hydrogen-bond acceptors (Lipinski definition) is 10. The number of ether oxygens (including phenoxy) is 3. The van der Waals surface area contributed by atoms with Crippen LogP contribution in [0.2, 0.25) is 10.0 Å². The molecule has 0 saturated carbocycles. The molecule has 4 rings (SSSR count). The number of anilines is 1. The summed E-state index contributed by atoms with van der Waals surface area (Å²) in [5, 5.41) is 6.58. The van der Waals surface area contributed by atoms with Gasteiger partial charge in [0.25, 0.3) is 5.56 Å². The Balaban J connectivity index is 1.90. The van der Waals surface area contributed by atoms with E-state index in [-0.39, 0.29) is 45.1 Å². The summed E-state index contributed by atoms with van der Waals surface area (Å²) in [5.74, 6) is -2.30. The Kier molecular flexibility index (Phi) is 10.00. The van der Waals surface area contributed by atoms with Crippen molar-refractivity contribution in [2.24, 2.45) is 0 Å². The number of esters is 2. The zero-order chi connectivity index (χ0) is 30.4. The minimum Gasteiger partial charge on any atom is -0.466 e. The molecule has 1 aliphatic rings. The number of carbonyl (C=O) groups is 2. The van der Waals surface area contributed by atoms with Gasteiger partial charge in [0.2, 0.25) is 5.95 Å². The Labute approximate surface area is 251 Å². The molecule has 1 aliphatic heterocycles. The molecule has 0 spiro atoms. The molecule has 0 amide bonds.